The third-order valence-electron chi connectivity index (χ3n) is 3.70. The summed E-state index contributed by atoms with van der Waals surface area (Å²) in [6.07, 6.45) is 3.83. The minimum Gasteiger partial charge on any atom is -0.388 e. The zero-order valence-electron chi connectivity index (χ0n) is 12.5. The van der Waals surface area contributed by atoms with Crippen LogP contribution in [0.4, 0.5) is 0 Å². The molecule has 0 spiro atoms. The van der Waals surface area contributed by atoms with Gasteiger partial charge in [0.15, 0.2) is 0 Å². The standard InChI is InChI=1S/C19H24O/c1-3-4-7-16-9-11-18(12-10-16)19(20)14-17-8-5-6-15(2)13-17/h5-6,8-13,19-20H,3-4,7,14H2,1-2H3. The van der Waals surface area contributed by atoms with Crippen molar-refractivity contribution in [1.29, 1.82) is 0 Å². The van der Waals surface area contributed by atoms with E-state index >= 15 is 0 Å². The first-order valence-electron chi connectivity index (χ1n) is 7.51. The Hall–Kier alpha value is -1.60. The van der Waals surface area contributed by atoms with Crippen LogP contribution < -0.4 is 0 Å². The predicted octanol–water partition coefficient (Wildman–Crippen LogP) is 4.61. The van der Waals surface area contributed by atoms with Crippen LogP contribution in [0.25, 0.3) is 0 Å². The second-order valence-electron chi connectivity index (χ2n) is 5.55. The van der Waals surface area contributed by atoms with Crippen molar-refractivity contribution in [3.8, 4) is 0 Å². The van der Waals surface area contributed by atoms with Gasteiger partial charge in [0.05, 0.1) is 6.10 Å². The molecular weight excluding hydrogens is 244 g/mol. The summed E-state index contributed by atoms with van der Waals surface area (Å²) >= 11 is 0. The highest BCUT2D eigenvalue weighted by Crippen LogP contribution is 2.20. The summed E-state index contributed by atoms with van der Waals surface area (Å²) < 4.78 is 0. The maximum atomic E-state index is 10.3. The minimum absolute atomic E-state index is 0.419. The van der Waals surface area contributed by atoms with Crippen molar-refractivity contribution in [2.45, 2.75) is 45.6 Å². The van der Waals surface area contributed by atoms with Crippen molar-refractivity contribution in [1.82, 2.24) is 0 Å². The second-order valence-corrected chi connectivity index (χ2v) is 5.55. The SMILES string of the molecule is CCCCc1ccc(C(O)Cc2cccc(C)c2)cc1. The van der Waals surface area contributed by atoms with Gasteiger partial charge in [0.25, 0.3) is 0 Å². The molecule has 2 aromatic rings. The van der Waals surface area contributed by atoms with E-state index in [0.717, 1.165) is 12.0 Å². The Kier molecular flexibility index (Phi) is 5.37. The van der Waals surface area contributed by atoms with Gasteiger partial charge in [-0.25, -0.2) is 0 Å². The molecule has 1 atom stereocenters. The van der Waals surface area contributed by atoms with E-state index in [0.29, 0.717) is 6.42 Å². The Balaban J connectivity index is 2.00. The molecule has 1 heteroatoms. The van der Waals surface area contributed by atoms with E-state index < -0.39 is 6.10 Å². The van der Waals surface area contributed by atoms with Crippen LogP contribution >= 0.6 is 0 Å². The van der Waals surface area contributed by atoms with Gasteiger partial charge in [-0.3, -0.25) is 0 Å². The monoisotopic (exact) mass is 268 g/mol. The van der Waals surface area contributed by atoms with Gasteiger partial charge in [-0.05, 0) is 36.5 Å². The number of aryl methyl sites for hydroxylation is 2. The molecular formula is C19H24O. The number of aliphatic hydroxyl groups excluding tert-OH is 1. The molecule has 0 radical (unpaired) electrons. The summed E-state index contributed by atoms with van der Waals surface area (Å²) in [4.78, 5) is 0. The summed E-state index contributed by atoms with van der Waals surface area (Å²) in [6.45, 7) is 4.29. The highest BCUT2D eigenvalue weighted by Gasteiger charge is 2.08. The second kappa shape index (κ2) is 7.25. The average Bonchev–Trinajstić information content (AvgIpc) is 2.45. The zero-order valence-corrected chi connectivity index (χ0v) is 12.5. The number of rotatable bonds is 6. The van der Waals surface area contributed by atoms with Crippen LogP contribution in [0.1, 0.15) is 48.1 Å². The number of aliphatic hydroxyl groups is 1. The molecule has 0 aromatic heterocycles. The molecule has 1 nitrogen and oxygen atoms in total. The van der Waals surface area contributed by atoms with Gasteiger partial charge in [-0.1, -0.05) is 67.4 Å². The summed E-state index contributed by atoms with van der Waals surface area (Å²) in [5, 5.41) is 10.3. The molecule has 1 N–H and O–H groups in total. The Morgan fingerprint density at radius 1 is 1.00 bits per heavy atom. The van der Waals surface area contributed by atoms with E-state index in [1.54, 1.807) is 0 Å². The van der Waals surface area contributed by atoms with E-state index in [1.807, 2.05) is 6.07 Å². The third-order valence-corrected chi connectivity index (χ3v) is 3.70. The molecule has 0 aliphatic rings. The number of benzene rings is 2. The summed E-state index contributed by atoms with van der Waals surface area (Å²) in [7, 11) is 0. The highest BCUT2D eigenvalue weighted by molar-refractivity contribution is 5.28. The third kappa shape index (κ3) is 4.21. The maximum Gasteiger partial charge on any atom is 0.0830 e. The molecule has 2 aromatic carbocycles. The molecule has 0 aliphatic carbocycles. The predicted molar refractivity (Wildman–Crippen MR) is 84.9 cm³/mol. The van der Waals surface area contributed by atoms with Gasteiger partial charge >= 0.3 is 0 Å². The minimum atomic E-state index is -0.419. The van der Waals surface area contributed by atoms with Crippen LogP contribution in [-0.4, -0.2) is 5.11 Å². The van der Waals surface area contributed by atoms with Crippen molar-refractivity contribution in [2.75, 3.05) is 0 Å². The van der Waals surface area contributed by atoms with Gasteiger partial charge in [-0.15, -0.1) is 0 Å². The molecule has 106 valence electrons. The van der Waals surface area contributed by atoms with Crippen molar-refractivity contribution in [2.24, 2.45) is 0 Å². The van der Waals surface area contributed by atoms with Gasteiger partial charge in [-0.2, -0.15) is 0 Å². The fourth-order valence-corrected chi connectivity index (χ4v) is 2.47. The number of hydrogen-bond acceptors (Lipinski definition) is 1. The normalized spacial score (nSPS) is 12.3. The van der Waals surface area contributed by atoms with Crippen molar-refractivity contribution < 1.29 is 5.11 Å². The first-order chi connectivity index (χ1) is 9.69. The largest absolute Gasteiger partial charge is 0.388 e. The molecule has 0 aliphatic heterocycles. The lowest BCUT2D eigenvalue weighted by Gasteiger charge is -2.12. The molecule has 0 heterocycles. The lowest BCUT2D eigenvalue weighted by Crippen LogP contribution is -2.02. The Labute approximate surface area is 122 Å². The average molecular weight is 268 g/mol. The van der Waals surface area contributed by atoms with Crippen LogP contribution in [-0.2, 0) is 12.8 Å². The van der Waals surface area contributed by atoms with Crippen molar-refractivity contribution in [3.63, 3.8) is 0 Å². The van der Waals surface area contributed by atoms with E-state index in [2.05, 4.69) is 56.3 Å². The molecule has 0 fully saturated rings. The molecule has 2 rings (SSSR count). The first-order valence-corrected chi connectivity index (χ1v) is 7.51. The lowest BCUT2D eigenvalue weighted by atomic mass is 9.98. The Morgan fingerprint density at radius 2 is 1.75 bits per heavy atom. The van der Waals surface area contributed by atoms with Gasteiger partial charge < -0.3 is 5.11 Å². The molecule has 1 unspecified atom stereocenters. The Morgan fingerprint density at radius 3 is 2.40 bits per heavy atom. The number of unbranched alkanes of at least 4 members (excludes halogenated alkanes) is 1. The summed E-state index contributed by atoms with van der Waals surface area (Å²) in [6, 6.07) is 16.8. The fraction of sp³-hybridized carbons (Fsp3) is 0.368. The van der Waals surface area contributed by atoms with Crippen molar-refractivity contribution in [3.05, 3.63) is 70.8 Å². The van der Waals surface area contributed by atoms with Gasteiger partial charge in [0.1, 0.15) is 0 Å². The summed E-state index contributed by atoms with van der Waals surface area (Å²) in [5.41, 5.74) is 4.79. The van der Waals surface area contributed by atoms with Crippen LogP contribution in [0.2, 0.25) is 0 Å². The van der Waals surface area contributed by atoms with Crippen LogP contribution in [0.15, 0.2) is 48.5 Å². The molecule has 20 heavy (non-hydrogen) atoms. The molecule has 0 amide bonds. The van der Waals surface area contributed by atoms with Gasteiger partial charge in [0, 0.05) is 6.42 Å². The first kappa shape index (κ1) is 14.8. The van der Waals surface area contributed by atoms with Crippen LogP contribution in [0.3, 0.4) is 0 Å². The highest BCUT2D eigenvalue weighted by atomic mass is 16.3. The Bertz CT molecular complexity index is 528. The van der Waals surface area contributed by atoms with Crippen LogP contribution in [0.5, 0.6) is 0 Å². The fourth-order valence-electron chi connectivity index (χ4n) is 2.47. The smallest absolute Gasteiger partial charge is 0.0830 e. The summed E-state index contributed by atoms with van der Waals surface area (Å²) in [5.74, 6) is 0. The van der Waals surface area contributed by atoms with E-state index in [9.17, 15) is 5.11 Å². The number of hydrogen-bond donors (Lipinski definition) is 1. The van der Waals surface area contributed by atoms with E-state index in [4.69, 9.17) is 0 Å². The quantitative estimate of drug-likeness (QED) is 0.811. The van der Waals surface area contributed by atoms with Crippen LogP contribution in [0, 0.1) is 6.92 Å². The van der Waals surface area contributed by atoms with Gasteiger partial charge in [0.2, 0.25) is 0 Å². The maximum absolute atomic E-state index is 10.3. The van der Waals surface area contributed by atoms with E-state index in [-0.39, 0.29) is 0 Å². The molecule has 0 saturated carbocycles. The van der Waals surface area contributed by atoms with Crippen molar-refractivity contribution >= 4 is 0 Å². The zero-order chi connectivity index (χ0) is 14.4. The topological polar surface area (TPSA) is 20.2 Å². The lowest BCUT2D eigenvalue weighted by molar-refractivity contribution is 0.178. The molecule has 0 bridgehead atoms. The van der Waals surface area contributed by atoms with E-state index in [1.165, 1.54) is 29.5 Å². The molecule has 0 saturated heterocycles.